The predicted octanol–water partition coefficient (Wildman–Crippen LogP) is 2.25. The summed E-state index contributed by atoms with van der Waals surface area (Å²) in [5.74, 6) is 1.53. The highest BCUT2D eigenvalue weighted by Gasteiger charge is 2.23. The number of piperazine rings is 1. The molecule has 1 unspecified atom stereocenters. The average Bonchev–Trinajstić information content (AvgIpc) is 2.73. The molecule has 0 saturated carbocycles. The van der Waals surface area contributed by atoms with E-state index < -0.39 is 0 Å². The maximum Gasteiger partial charge on any atom is 0.317 e. The topological polar surface area (TPSA) is 48.1 Å². The van der Waals surface area contributed by atoms with Crippen molar-refractivity contribution >= 4 is 6.03 Å². The summed E-state index contributed by atoms with van der Waals surface area (Å²) in [7, 11) is 1.72. The van der Waals surface area contributed by atoms with Gasteiger partial charge in [0.2, 0.25) is 0 Å². The minimum absolute atomic E-state index is 0.0977. The van der Waals surface area contributed by atoms with Crippen molar-refractivity contribution < 1.29 is 9.53 Å². The highest BCUT2D eigenvalue weighted by Crippen LogP contribution is 2.20. The maximum atomic E-state index is 12.5. The van der Waals surface area contributed by atoms with Crippen molar-refractivity contribution in [3.8, 4) is 5.75 Å². The molecule has 27 heavy (non-hydrogen) atoms. The van der Waals surface area contributed by atoms with Gasteiger partial charge in [0, 0.05) is 51.4 Å². The van der Waals surface area contributed by atoms with Crippen LogP contribution in [0.25, 0.3) is 0 Å². The lowest BCUT2D eigenvalue weighted by atomic mass is 9.98. The van der Waals surface area contributed by atoms with Crippen molar-refractivity contribution in [3.05, 3.63) is 29.8 Å². The highest BCUT2D eigenvalue weighted by atomic mass is 16.5. The first-order valence-corrected chi connectivity index (χ1v) is 10.3. The number of piperidine rings is 1. The number of amides is 2. The van der Waals surface area contributed by atoms with E-state index in [1.165, 1.54) is 24.9 Å². The number of methoxy groups -OCH3 is 1. The second-order valence-electron chi connectivity index (χ2n) is 7.66. The molecule has 0 spiro atoms. The lowest BCUT2D eigenvalue weighted by molar-refractivity contribution is 0.130. The number of carbonyl (C=O) groups is 1. The van der Waals surface area contributed by atoms with E-state index in [0.717, 1.165) is 58.1 Å². The van der Waals surface area contributed by atoms with Gasteiger partial charge in [0.05, 0.1) is 7.11 Å². The van der Waals surface area contributed by atoms with E-state index >= 15 is 0 Å². The quantitative estimate of drug-likeness (QED) is 0.830. The molecule has 150 valence electrons. The molecule has 2 saturated heterocycles. The van der Waals surface area contributed by atoms with E-state index in [1.54, 1.807) is 7.11 Å². The number of urea groups is 1. The van der Waals surface area contributed by atoms with Crippen LogP contribution in [0, 0.1) is 5.92 Å². The van der Waals surface area contributed by atoms with E-state index in [2.05, 4.69) is 28.1 Å². The first-order valence-electron chi connectivity index (χ1n) is 10.3. The van der Waals surface area contributed by atoms with Gasteiger partial charge in [-0.1, -0.05) is 25.1 Å². The number of nitrogens with zero attached hydrogens (tertiary/aromatic N) is 3. The van der Waals surface area contributed by atoms with Crippen molar-refractivity contribution in [3.63, 3.8) is 0 Å². The molecule has 1 atom stereocenters. The van der Waals surface area contributed by atoms with Gasteiger partial charge in [-0.05, 0) is 37.9 Å². The number of hydrogen-bond donors (Lipinski definition) is 1. The van der Waals surface area contributed by atoms with E-state index in [0.29, 0.717) is 5.92 Å². The summed E-state index contributed by atoms with van der Waals surface area (Å²) in [4.78, 5) is 19.4. The Morgan fingerprint density at radius 2 is 1.93 bits per heavy atom. The lowest BCUT2D eigenvalue weighted by Crippen LogP contribution is -2.52. The van der Waals surface area contributed by atoms with E-state index in [1.807, 2.05) is 23.1 Å². The van der Waals surface area contributed by atoms with Crippen molar-refractivity contribution in [1.82, 2.24) is 20.0 Å². The van der Waals surface area contributed by atoms with Gasteiger partial charge in [0.15, 0.2) is 0 Å². The summed E-state index contributed by atoms with van der Waals surface area (Å²) in [6.07, 6.45) is 2.47. The Hall–Kier alpha value is -1.79. The van der Waals surface area contributed by atoms with Crippen LogP contribution in [0.3, 0.4) is 0 Å². The van der Waals surface area contributed by atoms with Gasteiger partial charge < -0.3 is 19.9 Å². The zero-order valence-electron chi connectivity index (χ0n) is 16.8. The monoisotopic (exact) mass is 374 g/mol. The fourth-order valence-corrected chi connectivity index (χ4v) is 4.13. The third-order valence-electron chi connectivity index (χ3n) is 5.84. The average molecular weight is 375 g/mol. The Morgan fingerprint density at radius 3 is 2.67 bits per heavy atom. The first-order chi connectivity index (χ1) is 13.2. The molecule has 6 heteroatoms. The van der Waals surface area contributed by atoms with E-state index in [4.69, 9.17) is 4.74 Å². The van der Waals surface area contributed by atoms with Gasteiger partial charge in [-0.15, -0.1) is 0 Å². The normalized spacial score (nSPS) is 21.9. The van der Waals surface area contributed by atoms with Crippen LogP contribution in [0.1, 0.15) is 25.3 Å². The Balaban J connectivity index is 1.40. The fraction of sp³-hybridized carbons (Fsp3) is 0.667. The van der Waals surface area contributed by atoms with E-state index in [9.17, 15) is 4.79 Å². The van der Waals surface area contributed by atoms with Crippen molar-refractivity contribution in [2.75, 3.05) is 59.5 Å². The molecule has 2 amide bonds. The number of rotatable bonds is 6. The lowest BCUT2D eigenvalue weighted by Gasteiger charge is -2.36. The standard InChI is InChI=1S/C21H34N4O2/c1-3-23-10-6-7-18(16-23)15-22-21(26)25-13-11-24(12-14-25)17-19-8-4-5-9-20(19)27-2/h4-5,8-9,18H,3,6-7,10-17H2,1-2H3,(H,22,26). The minimum Gasteiger partial charge on any atom is -0.496 e. The van der Waals surface area contributed by atoms with Crippen LogP contribution < -0.4 is 10.1 Å². The summed E-state index contributed by atoms with van der Waals surface area (Å²) in [5, 5.41) is 3.17. The van der Waals surface area contributed by atoms with Crippen LogP contribution in [0.15, 0.2) is 24.3 Å². The number of para-hydroxylation sites is 1. The molecule has 2 aliphatic heterocycles. The summed E-state index contributed by atoms with van der Waals surface area (Å²) in [6, 6.07) is 8.26. The molecule has 1 aromatic carbocycles. The molecule has 0 bridgehead atoms. The van der Waals surface area contributed by atoms with Gasteiger partial charge in [-0.25, -0.2) is 4.79 Å². The van der Waals surface area contributed by atoms with E-state index in [-0.39, 0.29) is 6.03 Å². The fourth-order valence-electron chi connectivity index (χ4n) is 4.13. The molecule has 0 radical (unpaired) electrons. The number of nitrogens with one attached hydrogen (secondary N) is 1. The molecule has 1 N–H and O–H groups in total. The van der Waals surface area contributed by atoms with Gasteiger partial charge in [-0.2, -0.15) is 0 Å². The van der Waals surface area contributed by atoms with Gasteiger partial charge in [0.25, 0.3) is 0 Å². The van der Waals surface area contributed by atoms with Crippen LogP contribution in [-0.4, -0.2) is 80.2 Å². The van der Waals surface area contributed by atoms with Crippen molar-refractivity contribution in [1.29, 1.82) is 0 Å². The number of benzene rings is 1. The Bertz CT molecular complexity index is 602. The molecule has 2 heterocycles. The number of hydrogen-bond acceptors (Lipinski definition) is 4. The zero-order chi connectivity index (χ0) is 19.1. The predicted molar refractivity (Wildman–Crippen MR) is 108 cm³/mol. The van der Waals surface area contributed by atoms with Crippen molar-refractivity contribution in [2.24, 2.45) is 5.92 Å². The number of carbonyl (C=O) groups excluding carboxylic acids is 1. The van der Waals surface area contributed by atoms with Gasteiger partial charge >= 0.3 is 6.03 Å². The van der Waals surface area contributed by atoms with Crippen LogP contribution in [-0.2, 0) is 6.54 Å². The highest BCUT2D eigenvalue weighted by molar-refractivity contribution is 5.74. The molecular weight excluding hydrogens is 340 g/mol. The molecule has 2 aliphatic rings. The molecule has 1 aromatic rings. The van der Waals surface area contributed by atoms with Crippen LogP contribution in [0.4, 0.5) is 4.79 Å². The van der Waals surface area contributed by atoms with Crippen molar-refractivity contribution in [2.45, 2.75) is 26.3 Å². The molecule has 6 nitrogen and oxygen atoms in total. The summed E-state index contributed by atoms with van der Waals surface area (Å²) >= 11 is 0. The Labute approximate surface area is 163 Å². The third-order valence-corrected chi connectivity index (χ3v) is 5.84. The van der Waals surface area contributed by atoms with Crippen LogP contribution in [0.2, 0.25) is 0 Å². The first kappa shape index (κ1) is 20.0. The second-order valence-corrected chi connectivity index (χ2v) is 7.66. The van der Waals surface area contributed by atoms with Gasteiger partial charge in [0.1, 0.15) is 5.75 Å². The maximum absolute atomic E-state index is 12.5. The minimum atomic E-state index is 0.0977. The summed E-state index contributed by atoms with van der Waals surface area (Å²) in [5.41, 5.74) is 1.20. The van der Waals surface area contributed by atoms with Crippen LogP contribution >= 0.6 is 0 Å². The van der Waals surface area contributed by atoms with Gasteiger partial charge in [-0.3, -0.25) is 4.90 Å². The Kier molecular flexibility index (Phi) is 7.35. The third kappa shape index (κ3) is 5.59. The smallest absolute Gasteiger partial charge is 0.317 e. The SMILES string of the molecule is CCN1CCCC(CNC(=O)N2CCN(Cc3ccccc3OC)CC2)C1. The summed E-state index contributed by atoms with van der Waals surface area (Å²) in [6.45, 7) is 10.7. The molecule has 3 rings (SSSR count). The second kappa shape index (κ2) is 9.95. The largest absolute Gasteiger partial charge is 0.496 e. The summed E-state index contributed by atoms with van der Waals surface area (Å²) < 4.78 is 5.45. The molecule has 0 aromatic heterocycles. The molecule has 2 fully saturated rings. The zero-order valence-corrected chi connectivity index (χ0v) is 16.8. The molecule has 0 aliphatic carbocycles. The van der Waals surface area contributed by atoms with Crippen LogP contribution in [0.5, 0.6) is 5.75 Å². The number of likely N-dealkylation sites (tertiary alicyclic amines) is 1. The number of ether oxygens (including phenoxy) is 1. The Morgan fingerprint density at radius 1 is 1.15 bits per heavy atom. The molecular formula is C21H34N4O2.